The van der Waals surface area contributed by atoms with E-state index in [-0.39, 0.29) is 29.5 Å². The third kappa shape index (κ3) is 4.92. The summed E-state index contributed by atoms with van der Waals surface area (Å²) in [5.41, 5.74) is 0.134. The molecule has 1 aliphatic heterocycles. The Hall–Kier alpha value is -2.16. The molecule has 1 aromatic carbocycles. The molecule has 0 aliphatic carbocycles. The van der Waals surface area contributed by atoms with Gasteiger partial charge in [0.2, 0.25) is 5.91 Å². The molecule has 6 nitrogen and oxygen atoms in total. The standard InChI is InChI=1S/C13H13ClF3N3O3/c14-8-1-2-10(23-7-13(15,16)17)9(5-8)19-6-11(21)20-4-3-18-12(20)22/h1-2,5,19H,3-4,6-7H2,(H,18,22). The van der Waals surface area contributed by atoms with Gasteiger partial charge in [0.25, 0.3) is 0 Å². The largest absolute Gasteiger partial charge is 0.482 e. The second-order valence-corrected chi connectivity index (χ2v) is 5.11. The minimum absolute atomic E-state index is 0.0922. The van der Waals surface area contributed by atoms with Crippen molar-refractivity contribution < 1.29 is 27.5 Å². The van der Waals surface area contributed by atoms with Crippen molar-refractivity contribution in [3.8, 4) is 5.75 Å². The molecule has 23 heavy (non-hydrogen) atoms. The number of carbonyl (C=O) groups excluding carboxylic acids is 2. The van der Waals surface area contributed by atoms with Gasteiger partial charge < -0.3 is 15.4 Å². The molecule has 1 fully saturated rings. The molecule has 1 saturated heterocycles. The van der Waals surface area contributed by atoms with Gasteiger partial charge in [0.1, 0.15) is 5.75 Å². The second-order valence-electron chi connectivity index (χ2n) is 4.68. The summed E-state index contributed by atoms with van der Waals surface area (Å²) in [6.07, 6.45) is -4.49. The Morgan fingerprint density at radius 3 is 2.78 bits per heavy atom. The molecule has 0 atom stereocenters. The molecule has 0 aromatic heterocycles. The van der Waals surface area contributed by atoms with E-state index in [4.69, 9.17) is 11.6 Å². The molecule has 2 rings (SSSR count). The Labute approximate surface area is 134 Å². The summed E-state index contributed by atoms with van der Waals surface area (Å²) in [6.45, 7) is -1.14. The fourth-order valence-electron chi connectivity index (χ4n) is 1.90. The molecule has 10 heteroatoms. The van der Waals surface area contributed by atoms with E-state index in [0.717, 1.165) is 4.90 Å². The first-order valence-corrected chi connectivity index (χ1v) is 6.95. The number of hydrogen-bond donors (Lipinski definition) is 2. The maximum Gasteiger partial charge on any atom is 0.422 e. The molecular weight excluding hydrogens is 339 g/mol. The Morgan fingerprint density at radius 2 is 2.17 bits per heavy atom. The van der Waals surface area contributed by atoms with Crippen LogP contribution in [0.25, 0.3) is 0 Å². The number of nitrogens with zero attached hydrogens (tertiary/aromatic N) is 1. The van der Waals surface area contributed by atoms with Crippen LogP contribution in [-0.4, -0.2) is 49.3 Å². The highest BCUT2D eigenvalue weighted by atomic mass is 35.5. The van der Waals surface area contributed by atoms with Gasteiger partial charge in [-0.25, -0.2) is 4.79 Å². The summed E-state index contributed by atoms with van der Waals surface area (Å²) in [5, 5.41) is 5.38. The lowest BCUT2D eigenvalue weighted by atomic mass is 10.3. The number of carbonyl (C=O) groups is 2. The summed E-state index contributed by atoms with van der Waals surface area (Å²) in [4.78, 5) is 24.3. The van der Waals surface area contributed by atoms with Gasteiger partial charge in [-0.3, -0.25) is 9.69 Å². The second kappa shape index (κ2) is 6.95. The van der Waals surface area contributed by atoms with Crippen molar-refractivity contribution in [3.63, 3.8) is 0 Å². The maximum atomic E-state index is 12.2. The number of hydrogen-bond acceptors (Lipinski definition) is 4. The molecule has 0 bridgehead atoms. The summed E-state index contributed by atoms with van der Waals surface area (Å²) in [6, 6.07) is 3.47. The van der Waals surface area contributed by atoms with Crippen LogP contribution in [0.3, 0.4) is 0 Å². The van der Waals surface area contributed by atoms with Gasteiger partial charge in [0, 0.05) is 18.1 Å². The van der Waals surface area contributed by atoms with Crippen molar-refractivity contribution in [1.29, 1.82) is 0 Å². The quantitative estimate of drug-likeness (QED) is 0.853. The number of ether oxygens (including phenoxy) is 1. The van der Waals surface area contributed by atoms with Crippen molar-refractivity contribution in [2.24, 2.45) is 0 Å². The van der Waals surface area contributed by atoms with Crippen LogP contribution in [0, 0.1) is 0 Å². The first-order valence-electron chi connectivity index (χ1n) is 6.57. The number of imide groups is 1. The molecule has 0 unspecified atom stereocenters. The SMILES string of the molecule is O=C(CNc1cc(Cl)ccc1OCC(F)(F)F)N1CCNC1=O. The van der Waals surface area contributed by atoms with E-state index in [1.165, 1.54) is 18.2 Å². The zero-order chi connectivity index (χ0) is 17.0. The fourth-order valence-corrected chi connectivity index (χ4v) is 2.07. The van der Waals surface area contributed by atoms with Crippen molar-refractivity contribution >= 4 is 29.2 Å². The van der Waals surface area contributed by atoms with Crippen molar-refractivity contribution in [2.75, 3.05) is 31.6 Å². The number of rotatable bonds is 5. The van der Waals surface area contributed by atoms with Crippen LogP contribution in [0.5, 0.6) is 5.75 Å². The van der Waals surface area contributed by atoms with Crippen LogP contribution in [0.15, 0.2) is 18.2 Å². The van der Waals surface area contributed by atoms with Gasteiger partial charge in [0.15, 0.2) is 6.61 Å². The lowest BCUT2D eigenvalue weighted by Gasteiger charge is -2.16. The monoisotopic (exact) mass is 351 g/mol. The molecule has 0 spiro atoms. The first kappa shape index (κ1) is 17.2. The van der Waals surface area contributed by atoms with E-state index >= 15 is 0 Å². The maximum absolute atomic E-state index is 12.2. The normalized spacial score (nSPS) is 14.6. The van der Waals surface area contributed by atoms with Crippen LogP contribution in [-0.2, 0) is 4.79 Å². The number of urea groups is 1. The average Bonchev–Trinajstić information content (AvgIpc) is 2.89. The Morgan fingerprint density at radius 1 is 1.43 bits per heavy atom. The number of halogens is 4. The number of nitrogens with one attached hydrogen (secondary N) is 2. The Balaban J connectivity index is 2.01. The molecule has 3 amide bonds. The third-order valence-corrected chi connectivity index (χ3v) is 3.16. The summed E-state index contributed by atoms with van der Waals surface area (Å²) in [5.74, 6) is -0.604. The van der Waals surface area contributed by atoms with Crippen LogP contribution in [0.2, 0.25) is 5.02 Å². The number of anilines is 1. The number of benzene rings is 1. The first-order chi connectivity index (χ1) is 10.8. The molecule has 126 valence electrons. The van der Waals surface area contributed by atoms with E-state index in [0.29, 0.717) is 6.54 Å². The van der Waals surface area contributed by atoms with E-state index in [2.05, 4.69) is 15.4 Å². The van der Waals surface area contributed by atoms with E-state index in [1.807, 2.05) is 0 Å². The van der Waals surface area contributed by atoms with Gasteiger partial charge in [-0.1, -0.05) is 11.6 Å². The van der Waals surface area contributed by atoms with Gasteiger partial charge in [-0.2, -0.15) is 13.2 Å². The zero-order valence-corrected chi connectivity index (χ0v) is 12.5. The topological polar surface area (TPSA) is 70.7 Å². The molecule has 0 saturated carbocycles. The summed E-state index contributed by atoms with van der Waals surface area (Å²) in [7, 11) is 0. The van der Waals surface area contributed by atoms with E-state index in [9.17, 15) is 22.8 Å². The summed E-state index contributed by atoms with van der Waals surface area (Å²) < 4.78 is 41.4. The van der Waals surface area contributed by atoms with E-state index < -0.39 is 24.7 Å². The Kier molecular flexibility index (Phi) is 5.19. The Bertz CT molecular complexity index is 610. The average molecular weight is 352 g/mol. The number of amides is 3. The van der Waals surface area contributed by atoms with Gasteiger partial charge >= 0.3 is 12.2 Å². The van der Waals surface area contributed by atoms with E-state index in [1.54, 1.807) is 0 Å². The van der Waals surface area contributed by atoms with Crippen molar-refractivity contribution in [3.05, 3.63) is 23.2 Å². The van der Waals surface area contributed by atoms with Gasteiger partial charge in [-0.05, 0) is 18.2 Å². The molecule has 0 radical (unpaired) electrons. The van der Waals surface area contributed by atoms with Crippen LogP contribution in [0.4, 0.5) is 23.7 Å². The lowest BCUT2D eigenvalue weighted by molar-refractivity contribution is -0.153. The van der Waals surface area contributed by atoms with Gasteiger partial charge in [-0.15, -0.1) is 0 Å². The molecular formula is C13H13ClF3N3O3. The van der Waals surface area contributed by atoms with Gasteiger partial charge in [0.05, 0.1) is 12.2 Å². The highest BCUT2D eigenvalue weighted by Crippen LogP contribution is 2.29. The minimum atomic E-state index is -4.49. The fraction of sp³-hybridized carbons (Fsp3) is 0.385. The zero-order valence-electron chi connectivity index (χ0n) is 11.7. The predicted octanol–water partition coefficient (Wildman–Crippen LogP) is 2.24. The number of alkyl halides is 3. The van der Waals surface area contributed by atoms with Crippen molar-refractivity contribution in [2.45, 2.75) is 6.18 Å². The van der Waals surface area contributed by atoms with Crippen LogP contribution < -0.4 is 15.4 Å². The molecule has 2 N–H and O–H groups in total. The highest BCUT2D eigenvalue weighted by molar-refractivity contribution is 6.30. The predicted molar refractivity (Wildman–Crippen MR) is 76.6 cm³/mol. The summed E-state index contributed by atoms with van der Waals surface area (Å²) >= 11 is 5.80. The third-order valence-electron chi connectivity index (χ3n) is 2.92. The smallest absolute Gasteiger partial charge is 0.422 e. The highest BCUT2D eigenvalue weighted by Gasteiger charge is 2.29. The van der Waals surface area contributed by atoms with Crippen LogP contribution in [0.1, 0.15) is 0 Å². The lowest BCUT2D eigenvalue weighted by Crippen LogP contribution is -2.38. The molecule has 1 heterocycles. The van der Waals surface area contributed by atoms with Crippen molar-refractivity contribution in [1.82, 2.24) is 10.2 Å². The minimum Gasteiger partial charge on any atom is -0.482 e. The molecule has 1 aliphatic rings. The molecule has 1 aromatic rings. The van der Waals surface area contributed by atoms with Crippen LogP contribution >= 0.6 is 11.6 Å².